The van der Waals surface area contributed by atoms with Crippen molar-refractivity contribution in [2.45, 2.75) is 12.5 Å². The Kier molecular flexibility index (Phi) is 6.95. The zero-order valence-electron chi connectivity index (χ0n) is 15.6. The summed E-state index contributed by atoms with van der Waals surface area (Å²) in [4.78, 5) is 36.5. The summed E-state index contributed by atoms with van der Waals surface area (Å²) in [6.45, 7) is 0. The molecule has 1 aromatic heterocycles. The molecule has 8 nitrogen and oxygen atoms in total. The van der Waals surface area contributed by atoms with Crippen molar-refractivity contribution in [2.24, 2.45) is 0 Å². The maximum absolute atomic E-state index is 12.8. The minimum Gasteiger partial charge on any atom is -0.480 e. The minimum atomic E-state index is -1.11. The molecule has 156 valence electrons. The van der Waals surface area contributed by atoms with Gasteiger partial charge in [0.25, 0.3) is 11.6 Å². The van der Waals surface area contributed by atoms with Crippen molar-refractivity contribution in [3.63, 3.8) is 0 Å². The van der Waals surface area contributed by atoms with E-state index in [9.17, 15) is 24.8 Å². The number of nitro groups is 1. The van der Waals surface area contributed by atoms with Crippen LogP contribution < -0.4 is 0 Å². The number of aliphatic carboxylic acids is 1. The molecule has 1 N–H and O–H groups in total. The zero-order chi connectivity index (χ0) is 21.8. The highest BCUT2D eigenvalue weighted by Gasteiger charge is 2.40. The second-order valence-electron chi connectivity index (χ2n) is 6.16. The molecule has 30 heavy (non-hydrogen) atoms. The molecule has 1 atom stereocenters. The van der Waals surface area contributed by atoms with Gasteiger partial charge in [0.05, 0.1) is 15.4 Å². The van der Waals surface area contributed by atoms with E-state index in [1.165, 1.54) is 23.9 Å². The lowest BCUT2D eigenvalue weighted by Gasteiger charge is -2.22. The van der Waals surface area contributed by atoms with Crippen LogP contribution in [0, 0.1) is 10.1 Å². The molecule has 1 aliphatic rings. The van der Waals surface area contributed by atoms with Gasteiger partial charge in [-0.15, -0.1) is 0 Å². The number of thioether (sulfide) groups is 2. The van der Waals surface area contributed by atoms with Gasteiger partial charge in [0.15, 0.2) is 0 Å². The molecule has 3 rings (SSSR count). The monoisotopic (exact) mass is 464 g/mol. The van der Waals surface area contributed by atoms with Crippen molar-refractivity contribution >= 4 is 63.7 Å². The third kappa shape index (κ3) is 4.58. The Balaban J connectivity index is 1.87. The largest absolute Gasteiger partial charge is 0.480 e. The number of carboxylic acid groups (broad SMARTS) is 1. The Labute approximate surface area is 185 Å². The van der Waals surface area contributed by atoms with Crippen molar-refractivity contribution in [1.29, 1.82) is 0 Å². The Bertz CT molecular complexity index is 1050. The molecule has 2 aromatic rings. The second-order valence-corrected chi connectivity index (χ2v) is 8.82. The van der Waals surface area contributed by atoms with E-state index in [4.69, 9.17) is 16.6 Å². The summed E-state index contributed by atoms with van der Waals surface area (Å²) < 4.78 is 5.86. The molecule has 0 spiro atoms. The summed E-state index contributed by atoms with van der Waals surface area (Å²) in [5, 5.41) is 20.7. The maximum atomic E-state index is 12.8. The van der Waals surface area contributed by atoms with Gasteiger partial charge in [0, 0.05) is 12.1 Å². The third-order valence-corrected chi connectivity index (χ3v) is 6.26. The normalized spacial score (nSPS) is 16.3. The van der Waals surface area contributed by atoms with Crippen molar-refractivity contribution in [3.05, 3.63) is 57.2 Å². The number of hydrogen-bond acceptors (Lipinski definition) is 8. The van der Waals surface area contributed by atoms with Crippen LogP contribution in [0.1, 0.15) is 12.2 Å². The number of para-hydroxylation sites is 1. The van der Waals surface area contributed by atoms with E-state index in [-0.39, 0.29) is 27.1 Å². The first kappa shape index (κ1) is 22.1. The molecule has 11 heteroatoms. The average molecular weight is 465 g/mol. The summed E-state index contributed by atoms with van der Waals surface area (Å²) in [6.07, 6.45) is 3.60. The Hall–Kier alpha value is -2.63. The topological polar surface area (TPSA) is 114 Å². The van der Waals surface area contributed by atoms with Gasteiger partial charge in [-0.3, -0.25) is 19.8 Å². The number of carbonyl (C=O) groups is 2. The number of thiocarbonyl (C=S) groups is 1. The van der Waals surface area contributed by atoms with E-state index >= 15 is 0 Å². The first-order chi connectivity index (χ1) is 14.3. The van der Waals surface area contributed by atoms with E-state index in [1.54, 1.807) is 30.3 Å². The molecule has 0 aliphatic carbocycles. The molecule has 1 aliphatic heterocycles. The number of furan rings is 1. The fourth-order valence-electron chi connectivity index (χ4n) is 2.89. The lowest BCUT2D eigenvalue weighted by atomic mass is 10.1. The molecule has 0 unspecified atom stereocenters. The van der Waals surface area contributed by atoms with E-state index in [0.717, 1.165) is 16.7 Å². The molecular formula is C19H16N2O6S3. The van der Waals surface area contributed by atoms with Gasteiger partial charge in [-0.1, -0.05) is 36.1 Å². The number of benzene rings is 1. The predicted octanol–water partition coefficient (Wildman–Crippen LogP) is 4.26. The first-order valence-electron chi connectivity index (χ1n) is 8.66. The molecule has 0 radical (unpaired) electrons. The van der Waals surface area contributed by atoms with Crippen LogP contribution in [0.25, 0.3) is 17.4 Å². The summed E-state index contributed by atoms with van der Waals surface area (Å²) in [5.41, 5.74) is 0.223. The molecule has 0 saturated carbocycles. The van der Waals surface area contributed by atoms with Gasteiger partial charge in [-0.2, -0.15) is 11.8 Å². The Morgan fingerprint density at radius 3 is 2.80 bits per heavy atom. The second kappa shape index (κ2) is 9.45. The molecule has 2 heterocycles. The van der Waals surface area contributed by atoms with Gasteiger partial charge >= 0.3 is 5.97 Å². The van der Waals surface area contributed by atoms with Crippen molar-refractivity contribution in [3.8, 4) is 11.3 Å². The van der Waals surface area contributed by atoms with Crippen molar-refractivity contribution in [1.82, 2.24) is 4.90 Å². The predicted molar refractivity (Wildman–Crippen MR) is 120 cm³/mol. The number of carboxylic acids is 1. The lowest BCUT2D eigenvalue weighted by molar-refractivity contribution is -0.384. The number of hydrogen-bond donors (Lipinski definition) is 1. The Morgan fingerprint density at radius 1 is 1.40 bits per heavy atom. The number of rotatable bonds is 8. The van der Waals surface area contributed by atoms with Gasteiger partial charge in [-0.25, -0.2) is 4.79 Å². The van der Waals surface area contributed by atoms with E-state index < -0.39 is 22.8 Å². The minimum absolute atomic E-state index is 0.0946. The standard InChI is InChI=1S/C19H16N2O6S3/c1-29-9-8-14(18(23)24)20-17(22)16(30-19(20)28)10-11-6-7-15(27-11)12-4-2-3-5-13(12)21(25)26/h2-7,10,14H,8-9H2,1H3,(H,23,24)/b16-10-/t14-/m0/s1. The van der Waals surface area contributed by atoms with Crippen molar-refractivity contribution in [2.75, 3.05) is 12.0 Å². The maximum Gasteiger partial charge on any atom is 0.326 e. The molecule has 1 fully saturated rings. The number of carbonyl (C=O) groups excluding carboxylic acids is 1. The first-order valence-corrected chi connectivity index (χ1v) is 11.3. The van der Waals surface area contributed by atoms with Gasteiger partial charge < -0.3 is 9.52 Å². The van der Waals surface area contributed by atoms with Gasteiger partial charge in [0.1, 0.15) is 21.9 Å². The van der Waals surface area contributed by atoms with Crippen LogP contribution in [0.15, 0.2) is 45.7 Å². The summed E-state index contributed by atoms with van der Waals surface area (Å²) >= 11 is 7.72. The molecule has 0 bridgehead atoms. The van der Waals surface area contributed by atoms with E-state index in [1.807, 2.05) is 6.26 Å². The SMILES string of the molecule is CSCC[C@@H](C(=O)O)N1C(=O)/C(=C/c2ccc(-c3ccccc3[N+](=O)[O-])o2)SC1=S. The molecular weight excluding hydrogens is 448 g/mol. The summed E-state index contributed by atoms with van der Waals surface area (Å²) in [5.74, 6) is -0.447. The van der Waals surface area contributed by atoms with Crippen LogP contribution in [0.2, 0.25) is 0 Å². The van der Waals surface area contributed by atoms with E-state index in [0.29, 0.717) is 17.1 Å². The number of nitrogens with zero attached hydrogens (tertiary/aromatic N) is 2. The van der Waals surface area contributed by atoms with Crippen LogP contribution >= 0.6 is 35.7 Å². The van der Waals surface area contributed by atoms with Crippen LogP contribution in [0.3, 0.4) is 0 Å². The van der Waals surface area contributed by atoms with Crippen molar-refractivity contribution < 1.29 is 24.0 Å². The Morgan fingerprint density at radius 2 is 2.13 bits per heavy atom. The molecule has 1 amide bonds. The fourth-order valence-corrected chi connectivity index (χ4v) is 4.68. The average Bonchev–Trinajstić information content (AvgIpc) is 3.28. The highest BCUT2D eigenvalue weighted by atomic mass is 32.2. The highest BCUT2D eigenvalue weighted by Crippen LogP contribution is 2.36. The van der Waals surface area contributed by atoms with E-state index in [2.05, 4.69) is 0 Å². The van der Waals surface area contributed by atoms with Gasteiger partial charge in [-0.05, 0) is 36.6 Å². The highest BCUT2D eigenvalue weighted by molar-refractivity contribution is 8.26. The summed E-state index contributed by atoms with van der Waals surface area (Å²) in [6, 6.07) is 8.31. The third-order valence-electron chi connectivity index (χ3n) is 4.28. The number of nitro benzene ring substituents is 1. The smallest absolute Gasteiger partial charge is 0.326 e. The summed E-state index contributed by atoms with van der Waals surface area (Å²) in [7, 11) is 0. The quantitative estimate of drug-likeness (QED) is 0.265. The number of amides is 1. The fraction of sp³-hybridized carbons (Fsp3) is 0.211. The van der Waals surface area contributed by atoms with Crippen LogP contribution in [-0.2, 0) is 9.59 Å². The lowest BCUT2D eigenvalue weighted by Crippen LogP contribution is -2.44. The van der Waals surface area contributed by atoms with Crippen LogP contribution in [0.4, 0.5) is 5.69 Å². The zero-order valence-corrected chi connectivity index (χ0v) is 18.1. The van der Waals surface area contributed by atoms with Gasteiger partial charge in [0.2, 0.25) is 0 Å². The van der Waals surface area contributed by atoms with Crippen LogP contribution in [0.5, 0.6) is 0 Å². The van der Waals surface area contributed by atoms with Crippen LogP contribution in [-0.4, -0.2) is 49.2 Å². The molecule has 1 aromatic carbocycles. The molecule has 1 saturated heterocycles.